The van der Waals surface area contributed by atoms with E-state index in [4.69, 9.17) is 0 Å². The molecule has 0 amide bonds. The van der Waals surface area contributed by atoms with Gasteiger partial charge in [-0.15, -0.1) is 0 Å². The van der Waals surface area contributed by atoms with Gasteiger partial charge in [0.1, 0.15) is 0 Å². The summed E-state index contributed by atoms with van der Waals surface area (Å²) >= 11 is 0. The van der Waals surface area contributed by atoms with E-state index >= 15 is 0 Å². The van der Waals surface area contributed by atoms with E-state index in [0.717, 1.165) is 18.0 Å². The molecule has 0 radical (unpaired) electrons. The van der Waals surface area contributed by atoms with E-state index in [1.54, 1.807) is 0 Å². The summed E-state index contributed by atoms with van der Waals surface area (Å²) in [5, 5.41) is 3.85. The molecule has 1 N–H and O–H groups in total. The lowest BCUT2D eigenvalue weighted by molar-refractivity contribution is 0.108. The normalized spacial score (nSPS) is 28.9. The number of rotatable bonds is 7. The minimum atomic E-state index is 0.703. The van der Waals surface area contributed by atoms with Crippen LogP contribution in [0.5, 0.6) is 0 Å². The van der Waals surface area contributed by atoms with Crippen LogP contribution in [0.3, 0.4) is 0 Å². The zero-order chi connectivity index (χ0) is 13.7. The van der Waals surface area contributed by atoms with E-state index in [1.165, 1.54) is 64.5 Å². The third-order valence-electron chi connectivity index (χ3n) is 4.89. The standard InChI is InChI=1S/C17H34N2/c1-4-12-18-16-8-6-5-7-9-17(16)19(14(2)3)13-15-10-11-15/h14-18H,4-13H2,1-3H3. The molecule has 0 spiro atoms. The van der Waals surface area contributed by atoms with Crippen molar-refractivity contribution in [2.24, 2.45) is 5.92 Å². The zero-order valence-corrected chi connectivity index (χ0v) is 13.3. The number of hydrogen-bond donors (Lipinski definition) is 1. The van der Waals surface area contributed by atoms with Gasteiger partial charge in [0.05, 0.1) is 0 Å². The van der Waals surface area contributed by atoms with Crippen molar-refractivity contribution in [3.05, 3.63) is 0 Å². The molecule has 0 aliphatic heterocycles. The number of nitrogens with zero attached hydrogens (tertiary/aromatic N) is 1. The molecule has 2 rings (SSSR count). The van der Waals surface area contributed by atoms with Crippen LogP contribution in [-0.4, -0.2) is 36.1 Å². The first-order valence-corrected chi connectivity index (χ1v) is 8.71. The molecule has 0 bridgehead atoms. The first-order chi connectivity index (χ1) is 9.22. The number of nitrogens with one attached hydrogen (secondary N) is 1. The summed E-state index contributed by atoms with van der Waals surface area (Å²) in [4.78, 5) is 2.83. The van der Waals surface area contributed by atoms with Crippen molar-refractivity contribution >= 4 is 0 Å². The molecule has 0 heterocycles. The summed E-state index contributed by atoms with van der Waals surface area (Å²) < 4.78 is 0. The van der Waals surface area contributed by atoms with E-state index in [-0.39, 0.29) is 0 Å². The van der Waals surface area contributed by atoms with Crippen LogP contribution in [0.15, 0.2) is 0 Å². The second-order valence-electron chi connectivity index (χ2n) is 7.00. The summed E-state index contributed by atoms with van der Waals surface area (Å²) in [5.41, 5.74) is 0. The van der Waals surface area contributed by atoms with Gasteiger partial charge >= 0.3 is 0 Å². The van der Waals surface area contributed by atoms with Gasteiger partial charge in [-0.3, -0.25) is 4.90 Å². The molecular formula is C17H34N2. The predicted molar refractivity (Wildman–Crippen MR) is 83.5 cm³/mol. The van der Waals surface area contributed by atoms with Crippen molar-refractivity contribution in [2.45, 2.75) is 90.3 Å². The van der Waals surface area contributed by atoms with Gasteiger partial charge in [-0.05, 0) is 58.4 Å². The smallest absolute Gasteiger partial charge is 0.0252 e. The minimum Gasteiger partial charge on any atom is -0.312 e. The third kappa shape index (κ3) is 4.75. The maximum atomic E-state index is 3.85. The van der Waals surface area contributed by atoms with Gasteiger partial charge in [0.15, 0.2) is 0 Å². The lowest BCUT2D eigenvalue weighted by Crippen LogP contribution is -2.52. The van der Waals surface area contributed by atoms with Gasteiger partial charge in [-0.25, -0.2) is 0 Å². The van der Waals surface area contributed by atoms with Gasteiger partial charge in [-0.2, -0.15) is 0 Å². The molecule has 2 heteroatoms. The first kappa shape index (κ1) is 15.3. The Morgan fingerprint density at radius 2 is 1.79 bits per heavy atom. The summed E-state index contributed by atoms with van der Waals surface area (Å²) in [6, 6.07) is 2.23. The van der Waals surface area contributed by atoms with Crippen molar-refractivity contribution in [1.29, 1.82) is 0 Å². The van der Waals surface area contributed by atoms with Crippen LogP contribution in [0.25, 0.3) is 0 Å². The Hall–Kier alpha value is -0.0800. The van der Waals surface area contributed by atoms with E-state index in [9.17, 15) is 0 Å². The van der Waals surface area contributed by atoms with Crippen molar-refractivity contribution < 1.29 is 0 Å². The Kier molecular flexibility index (Phi) is 6.15. The van der Waals surface area contributed by atoms with E-state index in [2.05, 4.69) is 31.0 Å². The highest BCUT2D eigenvalue weighted by Gasteiger charge is 2.33. The molecule has 2 fully saturated rings. The largest absolute Gasteiger partial charge is 0.312 e. The predicted octanol–water partition coefficient (Wildman–Crippen LogP) is 3.81. The molecule has 0 aromatic carbocycles. The van der Waals surface area contributed by atoms with Gasteiger partial charge in [-0.1, -0.05) is 26.2 Å². The topological polar surface area (TPSA) is 15.3 Å². The molecule has 0 aromatic rings. The van der Waals surface area contributed by atoms with Crippen LogP contribution < -0.4 is 5.32 Å². The summed E-state index contributed by atoms with van der Waals surface area (Å²) in [7, 11) is 0. The fourth-order valence-corrected chi connectivity index (χ4v) is 3.58. The Bertz CT molecular complexity index is 248. The Morgan fingerprint density at radius 1 is 1.05 bits per heavy atom. The third-order valence-corrected chi connectivity index (χ3v) is 4.89. The summed E-state index contributed by atoms with van der Waals surface area (Å²) in [5.74, 6) is 1.01. The van der Waals surface area contributed by atoms with Gasteiger partial charge in [0, 0.05) is 24.7 Å². The number of hydrogen-bond acceptors (Lipinski definition) is 2. The van der Waals surface area contributed by atoms with Crippen molar-refractivity contribution in [3.63, 3.8) is 0 Å². The SMILES string of the molecule is CCCNC1CCCCCC1N(CC1CC1)C(C)C. The van der Waals surface area contributed by atoms with Gasteiger partial charge < -0.3 is 5.32 Å². The summed E-state index contributed by atoms with van der Waals surface area (Å²) in [6.45, 7) is 9.61. The van der Waals surface area contributed by atoms with Crippen LogP contribution in [0, 0.1) is 5.92 Å². The molecule has 2 unspecified atom stereocenters. The van der Waals surface area contributed by atoms with Crippen LogP contribution in [0.2, 0.25) is 0 Å². The van der Waals surface area contributed by atoms with Crippen LogP contribution in [0.4, 0.5) is 0 Å². The van der Waals surface area contributed by atoms with Crippen LogP contribution >= 0.6 is 0 Å². The molecule has 0 saturated heterocycles. The van der Waals surface area contributed by atoms with Crippen molar-refractivity contribution in [3.8, 4) is 0 Å². The molecule has 2 aliphatic carbocycles. The van der Waals surface area contributed by atoms with E-state index in [0.29, 0.717) is 6.04 Å². The molecule has 2 saturated carbocycles. The average Bonchev–Trinajstić information content (AvgIpc) is 3.20. The van der Waals surface area contributed by atoms with E-state index < -0.39 is 0 Å². The lowest BCUT2D eigenvalue weighted by Gasteiger charge is -2.39. The minimum absolute atomic E-state index is 0.703. The van der Waals surface area contributed by atoms with Crippen LogP contribution in [-0.2, 0) is 0 Å². The zero-order valence-electron chi connectivity index (χ0n) is 13.3. The molecule has 2 aliphatic rings. The van der Waals surface area contributed by atoms with Crippen LogP contribution in [0.1, 0.15) is 72.1 Å². The Labute approximate surface area is 120 Å². The van der Waals surface area contributed by atoms with Crippen molar-refractivity contribution in [1.82, 2.24) is 10.2 Å². The molecule has 112 valence electrons. The maximum Gasteiger partial charge on any atom is 0.0252 e. The Balaban J connectivity index is 1.99. The highest BCUT2D eigenvalue weighted by Crippen LogP contribution is 2.33. The van der Waals surface area contributed by atoms with Gasteiger partial charge in [0.25, 0.3) is 0 Å². The van der Waals surface area contributed by atoms with E-state index in [1.807, 2.05) is 0 Å². The fourth-order valence-electron chi connectivity index (χ4n) is 3.58. The molecular weight excluding hydrogens is 232 g/mol. The second kappa shape index (κ2) is 7.64. The quantitative estimate of drug-likeness (QED) is 0.705. The second-order valence-corrected chi connectivity index (χ2v) is 7.00. The lowest BCUT2D eigenvalue weighted by atomic mass is 9.99. The highest BCUT2D eigenvalue weighted by molar-refractivity contribution is 4.91. The summed E-state index contributed by atoms with van der Waals surface area (Å²) in [6.07, 6.45) is 11.3. The molecule has 19 heavy (non-hydrogen) atoms. The monoisotopic (exact) mass is 266 g/mol. The highest BCUT2D eigenvalue weighted by atomic mass is 15.2. The molecule has 2 atom stereocenters. The first-order valence-electron chi connectivity index (χ1n) is 8.71. The molecule has 2 nitrogen and oxygen atoms in total. The Morgan fingerprint density at radius 3 is 2.42 bits per heavy atom. The fraction of sp³-hybridized carbons (Fsp3) is 1.00. The average molecular weight is 266 g/mol. The molecule has 0 aromatic heterocycles. The van der Waals surface area contributed by atoms with Gasteiger partial charge in [0.2, 0.25) is 0 Å². The maximum absolute atomic E-state index is 3.85. The van der Waals surface area contributed by atoms with Crippen molar-refractivity contribution in [2.75, 3.05) is 13.1 Å².